The van der Waals surface area contributed by atoms with Crippen LogP contribution in [-0.2, 0) is 25.7 Å². The maximum atomic E-state index is 5.00. The molecule has 0 saturated heterocycles. The first-order chi connectivity index (χ1) is 28.7. The Bertz CT molecular complexity index is 2620. The van der Waals surface area contributed by atoms with Crippen molar-refractivity contribution in [1.29, 1.82) is 0 Å². The highest BCUT2D eigenvalue weighted by atomic mass is 14.7. The summed E-state index contributed by atoms with van der Waals surface area (Å²) >= 11 is 0. The van der Waals surface area contributed by atoms with Crippen molar-refractivity contribution in [2.24, 2.45) is 0 Å². The third-order valence-corrected chi connectivity index (χ3v) is 10.8. The first-order valence-corrected chi connectivity index (χ1v) is 20.1. The van der Waals surface area contributed by atoms with Crippen molar-refractivity contribution in [2.75, 3.05) is 0 Å². The third kappa shape index (κ3) is 8.60. The fraction of sp³-hybridized carbons (Fsp3) is 0.0727. The van der Waals surface area contributed by atoms with E-state index in [1.165, 1.54) is 50.1 Å². The van der Waals surface area contributed by atoms with Crippen molar-refractivity contribution >= 4 is 0 Å². The first-order valence-electron chi connectivity index (χ1n) is 20.1. The molecule has 0 saturated carbocycles. The normalized spacial score (nSPS) is 11.0. The second kappa shape index (κ2) is 17.3. The van der Waals surface area contributed by atoms with Crippen LogP contribution in [0.2, 0.25) is 0 Å². The predicted molar refractivity (Wildman–Crippen MR) is 240 cm³/mol. The highest BCUT2D eigenvalue weighted by molar-refractivity contribution is 5.84. The number of benzene rings is 6. The minimum Gasteiger partial charge on any atom is -0.256 e. The zero-order chi connectivity index (χ0) is 38.9. The Labute approximate surface area is 341 Å². The average Bonchev–Trinajstić information content (AvgIpc) is 3.31. The Balaban J connectivity index is 0.994. The molecule has 3 aromatic heterocycles. The molecule has 0 fully saturated rings. The van der Waals surface area contributed by atoms with Gasteiger partial charge in [0.1, 0.15) is 0 Å². The molecule has 9 aromatic rings. The van der Waals surface area contributed by atoms with Crippen LogP contribution in [0.1, 0.15) is 22.3 Å². The summed E-state index contributed by atoms with van der Waals surface area (Å²) in [5.74, 6) is 0. The lowest BCUT2D eigenvalue weighted by molar-refractivity contribution is 0.923. The summed E-state index contributed by atoms with van der Waals surface area (Å²) in [4.78, 5) is 14.6. The molecule has 0 amide bonds. The Morgan fingerprint density at radius 3 is 1.19 bits per heavy atom. The van der Waals surface area contributed by atoms with Crippen LogP contribution >= 0.6 is 0 Å². The largest absolute Gasteiger partial charge is 0.256 e. The van der Waals surface area contributed by atoms with Gasteiger partial charge >= 0.3 is 0 Å². The minimum atomic E-state index is 0.911. The molecular weight excluding hydrogens is 703 g/mol. The van der Waals surface area contributed by atoms with Gasteiger partial charge in [-0.25, -0.2) is 0 Å². The standard InChI is InChI=1S/C55H43N3/c1-4-13-44(14-5-1)47-19-12-20-48(36-47)55-32-29-49(39-58-55)51-21-10-11-22-52(51)50-34-42(25-23-40-27-30-53(56-37-40)45-15-6-2-7-16-45)33-43(35-50)26-24-41-28-31-54(57-38-41)46-17-8-3-9-18-46/h1-22,27-39H,23-26H2. The Hall–Kier alpha value is -7.23. The van der Waals surface area contributed by atoms with Crippen molar-refractivity contribution in [3.63, 3.8) is 0 Å². The summed E-state index contributed by atoms with van der Waals surface area (Å²) in [5, 5.41) is 0. The van der Waals surface area contributed by atoms with Crippen LogP contribution in [0, 0.1) is 0 Å². The van der Waals surface area contributed by atoms with E-state index in [9.17, 15) is 0 Å². The van der Waals surface area contributed by atoms with Gasteiger partial charge in [-0.1, -0.05) is 170 Å². The molecule has 0 bridgehead atoms. The van der Waals surface area contributed by atoms with Gasteiger partial charge in [0.2, 0.25) is 0 Å². The van der Waals surface area contributed by atoms with Crippen LogP contribution < -0.4 is 0 Å². The van der Waals surface area contributed by atoms with E-state index in [2.05, 4.69) is 182 Å². The second-order valence-electron chi connectivity index (χ2n) is 14.8. The lowest BCUT2D eigenvalue weighted by Crippen LogP contribution is -1.98. The lowest BCUT2D eigenvalue weighted by atomic mass is 9.90. The number of aromatic nitrogens is 3. The number of pyridine rings is 3. The van der Waals surface area contributed by atoms with Gasteiger partial charge < -0.3 is 0 Å². The van der Waals surface area contributed by atoms with Crippen molar-refractivity contribution in [3.8, 4) is 67.2 Å². The maximum Gasteiger partial charge on any atom is 0.0702 e. The zero-order valence-electron chi connectivity index (χ0n) is 32.4. The van der Waals surface area contributed by atoms with E-state index < -0.39 is 0 Å². The molecule has 0 atom stereocenters. The monoisotopic (exact) mass is 745 g/mol. The fourth-order valence-corrected chi connectivity index (χ4v) is 7.69. The predicted octanol–water partition coefficient (Wildman–Crippen LogP) is 13.4. The van der Waals surface area contributed by atoms with Crippen LogP contribution in [0.3, 0.4) is 0 Å². The van der Waals surface area contributed by atoms with Gasteiger partial charge in [-0.3, -0.25) is 15.0 Å². The molecule has 3 nitrogen and oxygen atoms in total. The Morgan fingerprint density at radius 2 is 0.672 bits per heavy atom. The van der Waals surface area contributed by atoms with Gasteiger partial charge in [0.25, 0.3) is 0 Å². The van der Waals surface area contributed by atoms with Gasteiger partial charge in [0, 0.05) is 40.8 Å². The molecule has 58 heavy (non-hydrogen) atoms. The molecule has 0 unspecified atom stereocenters. The molecule has 0 radical (unpaired) electrons. The summed E-state index contributed by atoms with van der Waals surface area (Å²) in [6.45, 7) is 0. The number of aryl methyl sites for hydroxylation is 4. The first kappa shape index (κ1) is 36.4. The van der Waals surface area contributed by atoms with Gasteiger partial charge in [-0.15, -0.1) is 0 Å². The fourth-order valence-electron chi connectivity index (χ4n) is 7.69. The van der Waals surface area contributed by atoms with Crippen LogP contribution in [0.4, 0.5) is 0 Å². The average molecular weight is 746 g/mol. The van der Waals surface area contributed by atoms with E-state index in [1.54, 1.807) is 0 Å². The molecule has 3 heteroatoms. The molecule has 0 aliphatic rings. The molecule has 278 valence electrons. The van der Waals surface area contributed by atoms with E-state index in [-0.39, 0.29) is 0 Å². The van der Waals surface area contributed by atoms with E-state index in [1.807, 2.05) is 30.7 Å². The van der Waals surface area contributed by atoms with Crippen LogP contribution in [-0.4, -0.2) is 15.0 Å². The molecule has 3 heterocycles. The van der Waals surface area contributed by atoms with Gasteiger partial charge in [0.05, 0.1) is 17.1 Å². The highest BCUT2D eigenvalue weighted by Crippen LogP contribution is 2.35. The highest BCUT2D eigenvalue weighted by Gasteiger charge is 2.12. The van der Waals surface area contributed by atoms with Gasteiger partial charge in [-0.2, -0.15) is 0 Å². The number of hydrogen-bond acceptors (Lipinski definition) is 3. The smallest absolute Gasteiger partial charge is 0.0702 e. The van der Waals surface area contributed by atoms with Gasteiger partial charge in [-0.05, 0) is 100 Å². The lowest BCUT2D eigenvalue weighted by Gasteiger charge is -2.15. The third-order valence-electron chi connectivity index (χ3n) is 10.8. The van der Waals surface area contributed by atoms with E-state index in [4.69, 9.17) is 15.0 Å². The topological polar surface area (TPSA) is 38.7 Å². The molecule has 0 aliphatic heterocycles. The molecule has 0 N–H and O–H groups in total. The summed E-state index contributed by atoms with van der Waals surface area (Å²) in [7, 11) is 0. The number of rotatable bonds is 12. The molecule has 0 spiro atoms. The second-order valence-corrected chi connectivity index (χ2v) is 14.8. The zero-order valence-corrected chi connectivity index (χ0v) is 32.4. The Kier molecular flexibility index (Phi) is 10.8. The van der Waals surface area contributed by atoms with E-state index in [0.29, 0.717) is 0 Å². The van der Waals surface area contributed by atoms with Crippen molar-refractivity contribution in [1.82, 2.24) is 15.0 Å². The summed E-state index contributed by atoms with van der Waals surface area (Å²) in [6.07, 6.45) is 9.74. The summed E-state index contributed by atoms with van der Waals surface area (Å²) in [6, 6.07) is 68.8. The minimum absolute atomic E-state index is 0.911. The summed E-state index contributed by atoms with van der Waals surface area (Å²) in [5.41, 5.74) is 18.5. The molecule has 6 aromatic carbocycles. The molecular formula is C55H43N3. The SMILES string of the molecule is c1ccc(-c2cccc(-c3ccc(-c4ccccc4-c4cc(CCc5ccc(-c6ccccc6)nc5)cc(CCc5ccc(-c6ccccc6)nc5)c4)cn3)c2)cc1. The quantitative estimate of drug-likeness (QED) is 0.125. The Morgan fingerprint density at radius 1 is 0.241 bits per heavy atom. The van der Waals surface area contributed by atoms with E-state index >= 15 is 0 Å². The molecule has 0 aliphatic carbocycles. The van der Waals surface area contributed by atoms with Crippen molar-refractivity contribution in [2.45, 2.75) is 25.7 Å². The van der Waals surface area contributed by atoms with Crippen LogP contribution in [0.25, 0.3) is 67.2 Å². The number of hydrogen-bond donors (Lipinski definition) is 0. The van der Waals surface area contributed by atoms with Crippen LogP contribution in [0.5, 0.6) is 0 Å². The molecule has 9 rings (SSSR count). The maximum absolute atomic E-state index is 5.00. The summed E-state index contributed by atoms with van der Waals surface area (Å²) < 4.78 is 0. The van der Waals surface area contributed by atoms with E-state index in [0.717, 1.165) is 65.0 Å². The van der Waals surface area contributed by atoms with Crippen molar-refractivity contribution in [3.05, 3.63) is 235 Å². The van der Waals surface area contributed by atoms with Crippen molar-refractivity contribution < 1.29 is 0 Å². The van der Waals surface area contributed by atoms with Gasteiger partial charge in [0.15, 0.2) is 0 Å². The number of nitrogens with zero attached hydrogens (tertiary/aromatic N) is 3. The van der Waals surface area contributed by atoms with Crippen LogP contribution in [0.15, 0.2) is 213 Å².